The molecule has 4 heavy (non-hydrogen) atoms. The fraction of sp³-hybridized carbons (Fsp3) is 0. The van der Waals surface area contributed by atoms with E-state index in [4.69, 9.17) is 5.26 Å². The molecular formula is CFGeN. The average Bonchev–Trinajstić information content (AvgIpc) is 1.37. The average molecular weight is 118 g/mol. The fourth-order valence-electron chi connectivity index (χ4n) is 0. The topological polar surface area (TPSA) is 23.8 Å². The summed E-state index contributed by atoms with van der Waals surface area (Å²) in [6.45, 7) is 0. The zero-order valence-corrected chi connectivity index (χ0v) is 3.92. The molecule has 1 nitrogen and oxygen atoms in total. The van der Waals surface area contributed by atoms with E-state index in [1.165, 1.54) is 4.90 Å². The number of hydrogen-bond donors (Lipinski definition) is 0. The second-order valence-corrected chi connectivity index (χ2v) is 1.07. The molecule has 0 N–H and O–H groups in total. The Labute approximate surface area is 30.4 Å². The van der Waals surface area contributed by atoms with Crippen LogP contribution in [0.1, 0.15) is 0 Å². The Morgan fingerprint density at radius 1 is 2.00 bits per heavy atom. The maximum atomic E-state index is 10.5. The second kappa shape index (κ2) is 2.96. The molecular weight excluding hydrogens is 118 g/mol. The van der Waals surface area contributed by atoms with Gasteiger partial charge in [-0.05, 0) is 0 Å². The van der Waals surface area contributed by atoms with Gasteiger partial charge in [0.2, 0.25) is 0 Å². The molecule has 0 atom stereocenters. The first-order chi connectivity index (χ1) is 1.91. The van der Waals surface area contributed by atoms with Crippen molar-refractivity contribution in [2.45, 2.75) is 0 Å². The quantitative estimate of drug-likeness (QED) is 0.412. The van der Waals surface area contributed by atoms with Gasteiger partial charge in [0.05, 0.1) is 0 Å². The van der Waals surface area contributed by atoms with Gasteiger partial charge in [0.1, 0.15) is 0 Å². The zero-order chi connectivity index (χ0) is 3.41. The predicted octanol–water partition coefficient (Wildman–Crippen LogP) is 0.0562. The van der Waals surface area contributed by atoms with Gasteiger partial charge in [0.25, 0.3) is 0 Å². The summed E-state index contributed by atoms with van der Waals surface area (Å²) in [7, 11) is 0. The van der Waals surface area contributed by atoms with Gasteiger partial charge < -0.3 is 0 Å². The van der Waals surface area contributed by atoms with Crippen LogP contribution in [-0.2, 0) is 0 Å². The third kappa shape index (κ3) is 1.96. The first-order valence-electron chi connectivity index (χ1n) is 0.663. The van der Waals surface area contributed by atoms with Crippen molar-refractivity contribution in [3.63, 3.8) is 0 Å². The summed E-state index contributed by atoms with van der Waals surface area (Å²) in [5.41, 5.74) is 0. The van der Waals surface area contributed by atoms with Crippen LogP contribution in [0.4, 0.5) is 3.50 Å². The molecule has 0 saturated carbocycles. The van der Waals surface area contributed by atoms with Crippen LogP contribution in [0, 0.1) is 10.2 Å². The molecule has 0 aromatic carbocycles. The first-order valence-corrected chi connectivity index (χ1v) is 2.50. The summed E-state index contributed by atoms with van der Waals surface area (Å²) in [6.07, 6.45) is 0. The van der Waals surface area contributed by atoms with E-state index in [0.717, 1.165) is 0 Å². The van der Waals surface area contributed by atoms with E-state index in [2.05, 4.69) is 0 Å². The molecule has 0 bridgehead atoms. The number of nitriles is 1. The van der Waals surface area contributed by atoms with Crippen LogP contribution in [0.25, 0.3) is 0 Å². The van der Waals surface area contributed by atoms with Crippen molar-refractivity contribution < 1.29 is 3.50 Å². The van der Waals surface area contributed by atoms with E-state index in [0.29, 0.717) is 0 Å². The van der Waals surface area contributed by atoms with Gasteiger partial charge in [-0.25, -0.2) is 0 Å². The summed E-state index contributed by atoms with van der Waals surface area (Å²) >= 11 is -1.68. The molecule has 0 amide bonds. The van der Waals surface area contributed by atoms with Gasteiger partial charge in [-0.1, -0.05) is 0 Å². The van der Waals surface area contributed by atoms with Crippen LogP contribution in [0.15, 0.2) is 0 Å². The molecule has 20 valence electrons. The number of hydrogen-bond acceptors (Lipinski definition) is 1. The van der Waals surface area contributed by atoms with Crippen LogP contribution in [-0.4, -0.2) is 15.9 Å². The normalized spacial score (nSPS) is 5.00. The third-order valence-electron chi connectivity index (χ3n) is 0.0423. The molecule has 0 aliphatic carbocycles. The Morgan fingerprint density at radius 3 is 2.25 bits per heavy atom. The van der Waals surface area contributed by atoms with E-state index < -0.39 is 15.9 Å². The van der Waals surface area contributed by atoms with Crippen molar-refractivity contribution in [1.82, 2.24) is 0 Å². The summed E-state index contributed by atoms with van der Waals surface area (Å²) in [5.74, 6) is 0. The second-order valence-electron chi connectivity index (χ2n) is 0.206. The molecule has 0 aromatic heterocycles. The molecule has 0 fully saturated rings. The first kappa shape index (κ1) is 3.96. The molecule has 2 radical (unpaired) electrons. The molecule has 0 spiro atoms. The number of rotatable bonds is 0. The Bertz CT molecular complexity index is 37.8. The molecule has 0 rings (SSSR count). The van der Waals surface area contributed by atoms with E-state index in [9.17, 15) is 3.50 Å². The Balaban J connectivity index is 2.43. The van der Waals surface area contributed by atoms with Gasteiger partial charge in [-0.2, -0.15) is 0 Å². The molecule has 0 heterocycles. The van der Waals surface area contributed by atoms with Crippen LogP contribution in [0.2, 0.25) is 0 Å². The Morgan fingerprint density at radius 2 is 2.25 bits per heavy atom. The summed E-state index contributed by atoms with van der Waals surface area (Å²) in [4.78, 5) is 1.39. The van der Waals surface area contributed by atoms with Gasteiger partial charge in [-0.15, -0.1) is 0 Å². The molecule has 0 aliphatic rings. The van der Waals surface area contributed by atoms with Crippen molar-refractivity contribution in [3.05, 3.63) is 0 Å². The Kier molecular flexibility index (Phi) is 2.94. The molecule has 0 unspecified atom stereocenters. The number of halogens is 1. The molecule has 0 aromatic rings. The predicted molar refractivity (Wildman–Crippen MR) is 12.5 cm³/mol. The summed E-state index contributed by atoms with van der Waals surface area (Å²) in [6, 6.07) is 0. The number of nitrogens with zero attached hydrogens (tertiary/aromatic N) is 1. The minimum atomic E-state index is -1.68. The van der Waals surface area contributed by atoms with Crippen LogP contribution >= 0.6 is 0 Å². The Hall–Kier alpha value is -0.0371. The van der Waals surface area contributed by atoms with Crippen molar-refractivity contribution >= 4 is 15.9 Å². The van der Waals surface area contributed by atoms with Crippen molar-refractivity contribution in [1.29, 1.82) is 5.26 Å². The van der Waals surface area contributed by atoms with Gasteiger partial charge in [0, 0.05) is 0 Å². The van der Waals surface area contributed by atoms with Crippen molar-refractivity contribution in [3.8, 4) is 4.90 Å². The van der Waals surface area contributed by atoms with E-state index in [1.807, 2.05) is 0 Å². The van der Waals surface area contributed by atoms with E-state index >= 15 is 0 Å². The standard InChI is InChI=1S/CFGeN/c2-3-1-4. The minimum absolute atomic E-state index is 1.39. The van der Waals surface area contributed by atoms with Crippen LogP contribution < -0.4 is 0 Å². The van der Waals surface area contributed by atoms with E-state index in [-0.39, 0.29) is 0 Å². The molecule has 3 heteroatoms. The van der Waals surface area contributed by atoms with Crippen LogP contribution in [0.3, 0.4) is 0 Å². The molecule has 0 aliphatic heterocycles. The monoisotopic (exact) mass is 119 g/mol. The van der Waals surface area contributed by atoms with Gasteiger partial charge in [-0.3, -0.25) is 0 Å². The van der Waals surface area contributed by atoms with Gasteiger partial charge >= 0.3 is 29.6 Å². The van der Waals surface area contributed by atoms with Crippen molar-refractivity contribution in [2.75, 3.05) is 0 Å². The van der Waals surface area contributed by atoms with Gasteiger partial charge in [0.15, 0.2) is 0 Å². The third-order valence-corrected chi connectivity index (χ3v) is 0.220. The summed E-state index contributed by atoms with van der Waals surface area (Å²) in [5, 5.41) is 7.31. The molecule has 0 saturated heterocycles. The van der Waals surface area contributed by atoms with Crippen LogP contribution in [0.5, 0.6) is 0 Å². The van der Waals surface area contributed by atoms with Crippen molar-refractivity contribution in [2.24, 2.45) is 0 Å². The maximum absolute atomic E-state index is 10.5. The summed E-state index contributed by atoms with van der Waals surface area (Å²) < 4.78 is 10.5. The fourth-order valence-corrected chi connectivity index (χ4v) is 0. The van der Waals surface area contributed by atoms with E-state index in [1.54, 1.807) is 0 Å². The zero-order valence-electron chi connectivity index (χ0n) is 1.83. The SMILES string of the molecule is N#[C][Ge][F].